The normalized spacial score (nSPS) is 12.6. The Bertz CT molecular complexity index is 356. The Hall–Kier alpha value is -0.780. The van der Waals surface area contributed by atoms with Crippen LogP contribution in [0.5, 0.6) is 0 Å². The van der Waals surface area contributed by atoms with Gasteiger partial charge in [-0.05, 0) is 35.3 Å². The molecular weight excluding hydrogens is 192 g/mol. The van der Waals surface area contributed by atoms with Crippen LogP contribution in [0, 0.1) is 12.8 Å². The molecule has 0 radical (unpaired) electrons. The number of rotatable bonds is 3. The SMILES string of the molecule is Cc1ccc(C(C)C)c(C(C)(C)C(C)C)c1. The molecule has 0 unspecified atom stereocenters. The van der Waals surface area contributed by atoms with E-state index in [9.17, 15) is 0 Å². The highest BCUT2D eigenvalue weighted by atomic mass is 14.3. The number of benzene rings is 1. The van der Waals surface area contributed by atoms with E-state index in [1.807, 2.05) is 0 Å². The molecule has 0 heteroatoms. The standard InChI is InChI=1S/C16H26/c1-11(2)14-9-8-13(5)10-15(14)16(6,7)12(3)4/h8-12H,1-7H3. The fraction of sp³-hybridized carbons (Fsp3) is 0.625. The number of hydrogen-bond acceptors (Lipinski definition) is 0. The van der Waals surface area contributed by atoms with Crippen molar-refractivity contribution in [1.82, 2.24) is 0 Å². The van der Waals surface area contributed by atoms with Gasteiger partial charge in [0.2, 0.25) is 0 Å². The largest absolute Gasteiger partial charge is 0.0619 e. The predicted molar refractivity (Wildman–Crippen MR) is 73.1 cm³/mol. The zero-order chi connectivity index (χ0) is 12.5. The average molecular weight is 218 g/mol. The Balaban J connectivity index is 3.35. The van der Waals surface area contributed by atoms with E-state index in [1.54, 1.807) is 0 Å². The van der Waals surface area contributed by atoms with Crippen molar-refractivity contribution in [3.63, 3.8) is 0 Å². The highest BCUT2D eigenvalue weighted by molar-refractivity contribution is 5.38. The lowest BCUT2D eigenvalue weighted by atomic mass is 9.71. The highest BCUT2D eigenvalue weighted by Crippen LogP contribution is 2.36. The Morgan fingerprint density at radius 1 is 1.00 bits per heavy atom. The van der Waals surface area contributed by atoms with Crippen LogP contribution in [-0.4, -0.2) is 0 Å². The first-order valence-electron chi connectivity index (χ1n) is 6.37. The molecule has 90 valence electrons. The smallest absolute Gasteiger partial charge is 0.00776 e. The van der Waals surface area contributed by atoms with E-state index >= 15 is 0 Å². The summed E-state index contributed by atoms with van der Waals surface area (Å²) in [5.74, 6) is 1.26. The number of aryl methyl sites for hydroxylation is 1. The van der Waals surface area contributed by atoms with E-state index in [2.05, 4.69) is 66.7 Å². The average Bonchev–Trinajstić information content (AvgIpc) is 2.16. The fourth-order valence-corrected chi connectivity index (χ4v) is 2.04. The molecule has 1 aromatic carbocycles. The van der Waals surface area contributed by atoms with Crippen LogP contribution in [0.2, 0.25) is 0 Å². The van der Waals surface area contributed by atoms with Crippen LogP contribution < -0.4 is 0 Å². The van der Waals surface area contributed by atoms with Crippen LogP contribution >= 0.6 is 0 Å². The van der Waals surface area contributed by atoms with Crippen LogP contribution in [0.1, 0.15) is 64.2 Å². The van der Waals surface area contributed by atoms with Crippen LogP contribution in [0.15, 0.2) is 18.2 Å². The molecule has 0 fully saturated rings. The summed E-state index contributed by atoms with van der Waals surface area (Å²) in [5.41, 5.74) is 4.65. The van der Waals surface area contributed by atoms with Crippen LogP contribution in [0.3, 0.4) is 0 Å². The van der Waals surface area contributed by atoms with Crippen molar-refractivity contribution in [1.29, 1.82) is 0 Å². The third-order valence-corrected chi connectivity index (χ3v) is 3.97. The van der Waals surface area contributed by atoms with Crippen molar-refractivity contribution in [2.24, 2.45) is 5.92 Å². The lowest BCUT2D eigenvalue weighted by molar-refractivity contribution is 0.368. The van der Waals surface area contributed by atoms with E-state index in [-0.39, 0.29) is 5.41 Å². The fourth-order valence-electron chi connectivity index (χ4n) is 2.04. The Kier molecular flexibility index (Phi) is 3.83. The van der Waals surface area contributed by atoms with Crippen molar-refractivity contribution in [2.75, 3.05) is 0 Å². The first kappa shape index (κ1) is 13.3. The quantitative estimate of drug-likeness (QED) is 0.666. The second kappa shape index (κ2) is 4.61. The molecule has 0 nitrogen and oxygen atoms in total. The van der Waals surface area contributed by atoms with Gasteiger partial charge in [0.15, 0.2) is 0 Å². The third kappa shape index (κ3) is 2.48. The summed E-state index contributed by atoms with van der Waals surface area (Å²) in [5, 5.41) is 0. The van der Waals surface area contributed by atoms with Gasteiger partial charge in [0, 0.05) is 0 Å². The summed E-state index contributed by atoms with van der Waals surface area (Å²) in [6.07, 6.45) is 0. The van der Waals surface area contributed by atoms with E-state index in [1.165, 1.54) is 16.7 Å². The van der Waals surface area contributed by atoms with Crippen molar-refractivity contribution in [3.8, 4) is 0 Å². The maximum Gasteiger partial charge on any atom is -0.00776 e. The summed E-state index contributed by atoms with van der Waals surface area (Å²) in [6.45, 7) is 16.1. The van der Waals surface area contributed by atoms with Gasteiger partial charge < -0.3 is 0 Å². The zero-order valence-electron chi connectivity index (χ0n) is 11.9. The molecule has 1 aromatic rings. The van der Waals surface area contributed by atoms with Crippen molar-refractivity contribution in [2.45, 2.75) is 59.8 Å². The number of hydrogen-bond donors (Lipinski definition) is 0. The van der Waals surface area contributed by atoms with Gasteiger partial charge in [-0.1, -0.05) is 65.3 Å². The molecular formula is C16H26. The predicted octanol–water partition coefficient (Wildman–Crippen LogP) is 5.05. The molecule has 0 saturated carbocycles. The van der Waals surface area contributed by atoms with Crippen molar-refractivity contribution < 1.29 is 0 Å². The van der Waals surface area contributed by atoms with Crippen LogP contribution in [0.4, 0.5) is 0 Å². The van der Waals surface area contributed by atoms with Gasteiger partial charge in [-0.25, -0.2) is 0 Å². The molecule has 16 heavy (non-hydrogen) atoms. The molecule has 0 N–H and O–H groups in total. The molecule has 0 spiro atoms. The van der Waals surface area contributed by atoms with E-state index in [4.69, 9.17) is 0 Å². The van der Waals surface area contributed by atoms with Gasteiger partial charge in [-0.2, -0.15) is 0 Å². The van der Waals surface area contributed by atoms with Crippen LogP contribution in [-0.2, 0) is 5.41 Å². The molecule has 0 saturated heterocycles. The van der Waals surface area contributed by atoms with Gasteiger partial charge in [0.1, 0.15) is 0 Å². The first-order chi connectivity index (χ1) is 7.26. The van der Waals surface area contributed by atoms with Crippen molar-refractivity contribution in [3.05, 3.63) is 34.9 Å². The molecule has 0 bridgehead atoms. The molecule has 0 atom stereocenters. The molecule has 1 rings (SSSR count). The summed E-state index contributed by atoms with van der Waals surface area (Å²) in [7, 11) is 0. The van der Waals surface area contributed by atoms with E-state index < -0.39 is 0 Å². The maximum atomic E-state index is 2.37. The minimum atomic E-state index is 0.256. The van der Waals surface area contributed by atoms with Gasteiger partial charge in [0.05, 0.1) is 0 Å². The Labute approximate surface area is 101 Å². The molecule has 0 heterocycles. The minimum absolute atomic E-state index is 0.256. The lowest BCUT2D eigenvalue weighted by Gasteiger charge is -2.33. The topological polar surface area (TPSA) is 0 Å². The summed E-state index contributed by atoms with van der Waals surface area (Å²) < 4.78 is 0. The second-order valence-electron chi connectivity index (χ2n) is 6.12. The van der Waals surface area contributed by atoms with Gasteiger partial charge in [0.25, 0.3) is 0 Å². The van der Waals surface area contributed by atoms with Gasteiger partial charge in [-0.15, -0.1) is 0 Å². The van der Waals surface area contributed by atoms with Crippen molar-refractivity contribution >= 4 is 0 Å². The summed E-state index contributed by atoms with van der Waals surface area (Å²) in [4.78, 5) is 0. The summed E-state index contributed by atoms with van der Waals surface area (Å²) in [6, 6.07) is 6.91. The molecule has 0 aliphatic carbocycles. The Morgan fingerprint density at radius 2 is 1.56 bits per heavy atom. The maximum absolute atomic E-state index is 2.37. The lowest BCUT2D eigenvalue weighted by Crippen LogP contribution is -2.26. The first-order valence-corrected chi connectivity index (χ1v) is 6.37. The summed E-state index contributed by atoms with van der Waals surface area (Å²) >= 11 is 0. The molecule has 0 amide bonds. The van der Waals surface area contributed by atoms with E-state index in [0.717, 1.165) is 0 Å². The van der Waals surface area contributed by atoms with Gasteiger partial charge >= 0.3 is 0 Å². The zero-order valence-corrected chi connectivity index (χ0v) is 11.9. The molecule has 0 aliphatic heterocycles. The minimum Gasteiger partial charge on any atom is -0.0619 e. The van der Waals surface area contributed by atoms with Crippen LogP contribution in [0.25, 0.3) is 0 Å². The second-order valence-corrected chi connectivity index (χ2v) is 6.12. The van der Waals surface area contributed by atoms with Gasteiger partial charge in [-0.3, -0.25) is 0 Å². The third-order valence-electron chi connectivity index (χ3n) is 3.97. The van der Waals surface area contributed by atoms with E-state index in [0.29, 0.717) is 11.8 Å². The highest BCUT2D eigenvalue weighted by Gasteiger charge is 2.27. The monoisotopic (exact) mass is 218 g/mol. The molecule has 0 aliphatic rings. The Morgan fingerprint density at radius 3 is 2.00 bits per heavy atom. The molecule has 0 aromatic heterocycles.